The fraction of sp³-hybridized carbons (Fsp3) is 0.625. The quantitative estimate of drug-likeness (QED) is 0.643. The second-order valence-electron chi connectivity index (χ2n) is 10.8. The summed E-state index contributed by atoms with van der Waals surface area (Å²) in [5.74, 6) is -0.166. The molecule has 7 heteroatoms. The fourth-order valence-electron chi connectivity index (χ4n) is 4.92. The van der Waals surface area contributed by atoms with Gasteiger partial charge in [0.05, 0.1) is 0 Å². The van der Waals surface area contributed by atoms with E-state index in [1.807, 2.05) is 40.7 Å². The molecule has 0 spiro atoms. The highest BCUT2D eigenvalue weighted by atomic mass is 19.4. The number of phenolic OH excluding ortho intramolecular Hbond substituents is 1. The van der Waals surface area contributed by atoms with Crippen molar-refractivity contribution in [3.8, 4) is 11.5 Å². The number of nitrogens with one attached hydrogen (secondary N) is 1. The van der Waals surface area contributed by atoms with Crippen molar-refractivity contribution in [1.82, 2.24) is 5.32 Å². The molecular weight excluding hydrogens is 407 g/mol. The summed E-state index contributed by atoms with van der Waals surface area (Å²) >= 11 is 0. The molecule has 3 aliphatic rings. The third kappa shape index (κ3) is 3.70. The van der Waals surface area contributed by atoms with Gasteiger partial charge in [0.25, 0.3) is 0 Å². The number of carbonyl (C=O) groups is 1. The number of alkyl halides is 3. The van der Waals surface area contributed by atoms with Crippen molar-refractivity contribution in [3.05, 3.63) is 34.9 Å². The SMILES string of the molecule is CC(C)(C)c1cc(O)c2c(c1)OC(C)(C)[C@@H]1CC=C(C(=O)NC3(C(F)(F)F)CC3)C[C@@H]21. The Morgan fingerprint density at radius 2 is 1.84 bits per heavy atom. The molecular formula is C24H30F3NO3. The third-order valence-corrected chi connectivity index (χ3v) is 7.10. The summed E-state index contributed by atoms with van der Waals surface area (Å²) in [4.78, 5) is 12.7. The Labute approximate surface area is 180 Å². The van der Waals surface area contributed by atoms with E-state index in [4.69, 9.17) is 4.74 Å². The van der Waals surface area contributed by atoms with E-state index in [0.29, 0.717) is 23.3 Å². The number of fused-ring (bicyclic) bond motifs is 3. The van der Waals surface area contributed by atoms with Gasteiger partial charge in [0.15, 0.2) is 0 Å². The van der Waals surface area contributed by atoms with Crippen molar-refractivity contribution < 1.29 is 27.8 Å². The lowest BCUT2D eigenvalue weighted by Crippen LogP contribution is -2.50. The van der Waals surface area contributed by atoms with Crippen LogP contribution in [0.15, 0.2) is 23.8 Å². The summed E-state index contributed by atoms with van der Waals surface area (Å²) in [6.07, 6.45) is -2.11. The average molecular weight is 438 g/mol. The molecule has 1 fully saturated rings. The maximum atomic E-state index is 13.3. The number of carbonyl (C=O) groups excluding carboxylic acids is 1. The molecule has 1 aromatic carbocycles. The number of hydrogen-bond acceptors (Lipinski definition) is 3. The lowest BCUT2D eigenvalue weighted by molar-refractivity contribution is -0.169. The highest BCUT2D eigenvalue weighted by Crippen LogP contribution is 2.55. The zero-order chi connectivity index (χ0) is 23.0. The lowest BCUT2D eigenvalue weighted by atomic mass is 9.66. The molecule has 4 rings (SSSR count). The number of phenols is 1. The number of rotatable bonds is 2. The van der Waals surface area contributed by atoms with E-state index in [9.17, 15) is 23.1 Å². The van der Waals surface area contributed by atoms with Crippen molar-refractivity contribution in [3.63, 3.8) is 0 Å². The van der Waals surface area contributed by atoms with Gasteiger partial charge in [-0.15, -0.1) is 0 Å². The van der Waals surface area contributed by atoms with Gasteiger partial charge in [0.1, 0.15) is 22.6 Å². The van der Waals surface area contributed by atoms with Gasteiger partial charge in [-0.3, -0.25) is 4.79 Å². The van der Waals surface area contributed by atoms with E-state index in [1.54, 1.807) is 12.1 Å². The van der Waals surface area contributed by atoms with E-state index in [1.165, 1.54) is 0 Å². The predicted octanol–water partition coefficient (Wildman–Crippen LogP) is 5.49. The van der Waals surface area contributed by atoms with Crippen molar-refractivity contribution in [1.29, 1.82) is 0 Å². The zero-order valence-corrected chi connectivity index (χ0v) is 18.6. The number of ether oxygens (including phenoxy) is 1. The van der Waals surface area contributed by atoms with Crippen molar-refractivity contribution in [2.75, 3.05) is 0 Å². The predicted molar refractivity (Wildman–Crippen MR) is 111 cm³/mol. The van der Waals surface area contributed by atoms with Gasteiger partial charge in [0, 0.05) is 23.0 Å². The van der Waals surface area contributed by atoms with Crippen molar-refractivity contribution in [2.24, 2.45) is 5.92 Å². The van der Waals surface area contributed by atoms with Gasteiger partial charge in [-0.25, -0.2) is 0 Å². The first-order valence-corrected chi connectivity index (χ1v) is 10.8. The summed E-state index contributed by atoms with van der Waals surface area (Å²) in [7, 11) is 0. The Balaban J connectivity index is 1.66. The number of hydrogen-bond donors (Lipinski definition) is 2. The standard InChI is InChI=1S/C24H30F3NO3/c1-21(2,3)14-11-17(29)19-15-10-13(20(30)28-23(8-9-23)24(25,26)27)6-7-16(15)22(4,5)31-18(19)12-14/h6,11-12,15-16,29H,7-10H2,1-5H3,(H,28,30)/t15-,16-/m1/s1. The van der Waals surface area contributed by atoms with Gasteiger partial charge in [0.2, 0.25) is 5.91 Å². The lowest BCUT2D eigenvalue weighted by Gasteiger charge is -2.47. The van der Waals surface area contributed by atoms with Crippen LogP contribution in [0.1, 0.15) is 77.3 Å². The molecule has 1 amide bonds. The van der Waals surface area contributed by atoms with Gasteiger partial charge in [-0.2, -0.15) is 13.2 Å². The van der Waals surface area contributed by atoms with Crippen LogP contribution in [0.4, 0.5) is 13.2 Å². The minimum Gasteiger partial charge on any atom is -0.508 e. The van der Waals surface area contributed by atoms with E-state index in [2.05, 4.69) is 5.32 Å². The molecule has 0 aromatic heterocycles. The normalized spacial score (nSPS) is 26.1. The Morgan fingerprint density at radius 3 is 2.39 bits per heavy atom. The van der Waals surface area contributed by atoms with Crippen LogP contribution < -0.4 is 10.1 Å². The molecule has 1 saturated carbocycles. The smallest absolute Gasteiger partial charge is 0.411 e. The molecule has 2 atom stereocenters. The number of benzene rings is 1. The Morgan fingerprint density at radius 1 is 1.19 bits per heavy atom. The summed E-state index contributed by atoms with van der Waals surface area (Å²) in [5.41, 5.74) is -0.887. The minimum atomic E-state index is -4.45. The largest absolute Gasteiger partial charge is 0.508 e. The minimum absolute atomic E-state index is 0.000406. The van der Waals surface area contributed by atoms with Crippen LogP contribution in [-0.2, 0) is 10.2 Å². The first kappa shape index (κ1) is 22.0. The van der Waals surface area contributed by atoms with Crippen LogP contribution in [0.3, 0.4) is 0 Å². The summed E-state index contributed by atoms with van der Waals surface area (Å²) in [5, 5.41) is 13.1. The van der Waals surface area contributed by atoms with Gasteiger partial charge in [-0.1, -0.05) is 26.8 Å². The molecule has 4 nitrogen and oxygen atoms in total. The molecule has 0 saturated heterocycles. The van der Waals surface area contributed by atoms with Gasteiger partial charge >= 0.3 is 6.18 Å². The van der Waals surface area contributed by atoms with Gasteiger partial charge < -0.3 is 15.2 Å². The zero-order valence-electron chi connectivity index (χ0n) is 18.6. The summed E-state index contributed by atoms with van der Waals surface area (Å²) in [6, 6.07) is 3.67. The maximum Gasteiger partial charge on any atom is 0.411 e. The molecule has 1 aliphatic heterocycles. The molecule has 2 aliphatic carbocycles. The molecule has 0 bridgehead atoms. The Hall–Kier alpha value is -2.18. The monoisotopic (exact) mass is 437 g/mol. The van der Waals surface area contributed by atoms with Crippen LogP contribution in [0.2, 0.25) is 0 Å². The van der Waals surface area contributed by atoms with Crippen LogP contribution in [0, 0.1) is 5.92 Å². The van der Waals surface area contributed by atoms with Crippen molar-refractivity contribution >= 4 is 5.91 Å². The number of aromatic hydroxyl groups is 1. The van der Waals surface area contributed by atoms with Crippen LogP contribution in [0.5, 0.6) is 11.5 Å². The van der Waals surface area contributed by atoms with Crippen LogP contribution >= 0.6 is 0 Å². The highest BCUT2D eigenvalue weighted by molar-refractivity contribution is 5.94. The fourth-order valence-corrected chi connectivity index (χ4v) is 4.92. The van der Waals surface area contributed by atoms with Gasteiger partial charge in [-0.05, 0) is 62.6 Å². The molecule has 2 N–H and O–H groups in total. The number of allylic oxidation sites excluding steroid dienone is 1. The second kappa shape index (κ2) is 6.66. The number of amides is 1. The van der Waals surface area contributed by atoms with Crippen LogP contribution in [-0.4, -0.2) is 28.3 Å². The maximum absolute atomic E-state index is 13.3. The second-order valence-corrected chi connectivity index (χ2v) is 10.8. The molecule has 1 aromatic rings. The first-order chi connectivity index (χ1) is 14.1. The molecule has 0 unspecified atom stereocenters. The molecule has 1 heterocycles. The average Bonchev–Trinajstić information content (AvgIpc) is 3.40. The van der Waals surface area contributed by atoms with Crippen LogP contribution in [0.25, 0.3) is 0 Å². The summed E-state index contributed by atoms with van der Waals surface area (Å²) in [6.45, 7) is 10.1. The third-order valence-electron chi connectivity index (χ3n) is 7.10. The topological polar surface area (TPSA) is 58.6 Å². The van der Waals surface area contributed by atoms with E-state index in [-0.39, 0.29) is 42.3 Å². The van der Waals surface area contributed by atoms with E-state index in [0.717, 1.165) is 5.56 Å². The molecule has 170 valence electrons. The number of halogens is 3. The van der Waals surface area contributed by atoms with Crippen molar-refractivity contribution in [2.45, 2.75) is 89.0 Å². The Kier molecular flexibility index (Phi) is 4.73. The van der Waals surface area contributed by atoms with E-state index < -0.39 is 23.2 Å². The van der Waals surface area contributed by atoms with E-state index >= 15 is 0 Å². The Bertz CT molecular complexity index is 952. The molecule has 0 radical (unpaired) electrons. The summed E-state index contributed by atoms with van der Waals surface area (Å²) < 4.78 is 46.2. The first-order valence-electron chi connectivity index (χ1n) is 10.8. The highest BCUT2D eigenvalue weighted by Gasteiger charge is 2.64. The molecule has 31 heavy (non-hydrogen) atoms.